The van der Waals surface area contributed by atoms with Crippen molar-refractivity contribution < 1.29 is 14.9 Å². The molecule has 0 spiro atoms. The molecule has 10 atom stereocenters. The molecule has 0 radical (unpaired) electrons. The van der Waals surface area contributed by atoms with E-state index in [1.165, 1.54) is 6.42 Å². The first-order chi connectivity index (χ1) is 15.1. The van der Waals surface area contributed by atoms with Crippen LogP contribution in [0, 0.1) is 45.3 Å². The Kier molecular flexibility index (Phi) is 5.23. The fourth-order valence-corrected chi connectivity index (χ4v) is 11.1. The zero-order valence-electron chi connectivity index (χ0n) is 22.6. The van der Waals surface area contributed by atoms with Crippen LogP contribution in [0.1, 0.15) is 107 Å². The average molecular weight is 459 g/mol. The van der Waals surface area contributed by atoms with Gasteiger partial charge in [-0.25, -0.2) is 0 Å². The third-order valence-electron chi connectivity index (χ3n) is 12.3. The maximum atomic E-state index is 11.9. The van der Waals surface area contributed by atoms with E-state index in [2.05, 4.69) is 67.5 Å². The number of aliphatic hydroxyl groups is 2. The molecule has 4 fully saturated rings. The van der Waals surface area contributed by atoms with Crippen LogP contribution in [0.3, 0.4) is 0 Å². The molecular weight excluding hydrogens is 408 g/mol. The summed E-state index contributed by atoms with van der Waals surface area (Å²) in [6.07, 6.45) is 12.6. The molecule has 0 aromatic rings. The lowest BCUT2D eigenvalue weighted by Crippen LogP contribution is -2.68. The summed E-state index contributed by atoms with van der Waals surface area (Å²) >= 11 is 0. The second kappa shape index (κ2) is 7.10. The highest BCUT2D eigenvalue weighted by atomic mass is 16.5. The van der Waals surface area contributed by atoms with Gasteiger partial charge in [-0.15, -0.1) is 0 Å². The van der Waals surface area contributed by atoms with Gasteiger partial charge in [-0.2, -0.15) is 0 Å². The van der Waals surface area contributed by atoms with Gasteiger partial charge in [0.1, 0.15) is 0 Å². The largest absolute Gasteiger partial charge is 0.393 e. The normalized spacial score (nSPS) is 57.2. The van der Waals surface area contributed by atoms with Crippen molar-refractivity contribution in [2.75, 3.05) is 0 Å². The van der Waals surface area contributed by atoms with Crippen molar-refractivity contribution in [1.82, 2.24) is 0 Å². The first-order valence-corrected chi connectivity index (χ1v) is 13.8. The smallest absolute Gasteiger partial charge is 0.0693 e. The predicted molar refractivity (Wildman–Crippen MR) is 134 cm³/mol. The maximum Gasteiger partial charge on any atom is 0.0693 e. The van der Waals surface area contributed by atoms with E-state index in [-0.39, 0.29) is 56.9 Å². The van der Waals surface area contributed by atoms with Crippen molar-refractivity contribution in [3.05, 3.63) is 12.2 Å². The van der Waals surface area contributed by atoms with Gasteiger partial charge >= 0.3 is 0 Å². The highest BCUT2D eigenvalue weighted by Crippen LogP contribution is 2.75. The molecule has 3 saturated carbocycles. The van der Waals surface area contributed by atoms with E-state index < -0.39 is 0 Å². The van der Waals surface area contributed by atoms with Gasteiger partial charge in [0.25, 0.3) is 0 Å². The van der Waals surface area contributed by atoms with E-state index in [0.717, 1.165) is 44.9 Å². The summed E-state index contributed by atoms with van der Waals surface area (Å²) in [4.78, 5) is 0. The van der Waals surface area contributed by atoms with Gasteiger partial charge in [0, 0.05) is 0 Å². The lowest BCUT2D eigenvalue weighted by atomic mass is 9.35. The first-order valence-electron chi connectivity index (χ1n) is 13.8. The standard InChI is InChI=1S/C30H50O3/c1-25(2)12-9-14-27(5)22-17-20(31)23-19(30(8)15-10-13-26(3,4)33-30)11-16-28(23,6)29(22,7)18-21(32)24(25)27/h9,12,19-24,31-32H,10-11,13-18H2,1-8H3/t19-,20+,21-,22+,23-,24-,27+,28+,29+,30+/m0/s1. The molecule has 0 aromatic carbocycles. The summed E-state index contributed by atoms with van der Waals surface area (Å²) in [7, 11) is 0. The van der Waals surface area contributed by atoms with Crippen LogP contribution in [0.2, 0.25) is 0 Å². The molecule has 1 heterocycles. The third-order valence-corrected chi connectivity index (χ3v) is 12.3. The molecule has 1 aliphatic heterocycles. The minimum atomic E-state index is -0.289. The Hall–Kier alpha value is -0.380. The minimum absolute atomic E-state index is 0.0103. The van der Waals surface area contributed by atoms with Gasteiger partial charge in [0.2, 0.25) is 0 Å². The van der Waals surface area contributed by atoms with Crippen LogP contribution in [-0.4, -0.2) is 33.6 Å². The minimum Gasteiger partial charge on any atom is -0.393 e. The Morgan fingerprint density at radius 3 is 2.21 bits per heavy atom. The van der Waals surface area contributed by atoms with E-state index in [9.17, 15) is 10.2 Å². The summed E-state index contributed by atoms with van der Waals surface area (Å²) in [5, 5.41) is 23.6. The Balaban J connectivity index is 1.55. The molecule has 0 amide bonds. The zero-order valence-corrected chi connectivity index (χ0v) is 22.6. The molecule has 0 bridgehead atoms. The fourth-order valence-electron chi connectivity index (χ4n) is 11.1. The van der Waals surface area contributed by atoms with E-state index in [0.29, 0.717) is 11.8 Å². The van der Waals surface area contributed by atoms with Crippen molar-refractivity contribution in [3.63, 3.8) is 0 Å². The van der Waals surface area contributed by atoms with Crippen LogP contribution in [0.4, 0.5) is 0 Å². The van der Waals surface area contributed by atoms with E-state index in [1.807, 2.05) is 0 Å². The molecule has 5 rings (SSSR count). The molecule has 5 aliphatic rings. The van der Waals surface area contributed by atoms with Gasteiger partial charge in [0.05, 0.1) is 23.4 Å². The summed E-state index contributed by atoms with van der Waals surface area (Å²) in [6.45, 7) is 18.8. The molecule has 188 valence electrons. The van der Waals surface area contributed by atoms with E-state index in [4.69, 9.17) is 4.74 Å². The average Bonchev–Trinajstić information content (AvgIpc) is 3.03. The van der Waals surface area contributed by atoms with Gasteiger partial charge in [-0.1, -0.05) is 46.8 Å². The van der Waals surface area contributed by atoms with Crippen LogP contribution >= 0.6 is 0 Å². The number of allylic oxidation sites excluding steroid dienone is 2. The van der Waals surface area contributed by atoms with Gasteiger partial charge < -0.3 is 14.9 Å². The molecule has 1 saturated heterocycles. The molecule has 2 N–H and O–H groups in total. The van der Waals surface area contributed by atoms with Crippen molar-refractivity contribution in [1.29, 1.82) is 0 Å². The number of fused-ring (bicyclic) bond motifs is 5. The number of aliphatic hydroxyl groups excluding tert-OH is 2. The Labute approximate surface area is 202 Å². The van der Waals surface area contributed by atoms with Crippen molar-refractivity contribution in [3.8, 4) is 0 Å². The Bertz CT molecular complexity index is 830. The summed E-state index contributed by atoms with van der Waals surface area (Å²) < 4.78 is 6.84. The van der Waals surface area contributed by atoms with E-state index >= 15 is 0 Å². The number of rotatable bonds is 1. The molecule has 33 heavy (non-hydrogen) atoms. The Morgan fingerprint density at radius 2 is 1.55 bits per heavy atom. The summed E-state index contributed by atoms with van der Waals surface area (Å²) in [5.74, 6) is 1.31. The topological polar surface area (TPSA) is 49.7 Å². The molecule has 0 aromatic heterocycles. The van der Waals surface area contributed by atoms with Crippen LogP contribution in [0.15, 0.2) is 12.2 Å². The van der Waals surface area contributed by atoms with E-state index in [1.54, 1.807) is 0 Å². The molecular formula is C30H50O3. The van der Waals surface area contributed by atoms with Crippen molar-refractivity contribution in [2.45, 2.75) is 130 Å². The molecule has 3 heteroatoms. The van der Waals surface area contributed by atoms with Gasteiger partial charge in [-0.05, 0) is 117 Å². The maximum absolute atomic E-state index is 11.9. The van der Waals surface area contributed by atoms with Crippen LogP contribution in [-0.2, 0) is 4.74 Å². The van der Waals surface area contributed by atoms with Crippen LogP contribution in [0.25, 0.3) is 0 Å². The molecule has 0 unspecified atom stereocenters. The molecule has 4 aliphatic carbocycles. The molecule has 3 nitrogen and oxygen atoms in total. The number of ether oxygens (including phenoxy) is 1. The monoisotopic (exact) mass is 458 g/mol. The fraction of sp³-hybridized carbons (Fsp3) is 0.933. The number of hydrogen-bond donors (Lipinski definition) is 2. The quantitative estimate of drug-likeness (QED) is 0.440. The Morgan fingerprint density at radius 1 is 0.848 bits per heavy atom. The third kappa shape index (κ3) is 3.17. The SMILES string of the molecule is CC1(C)CCC[C@](C)([C@H]2CC[C@]3(C)[C@@H]2[C@H](O)C[C@@H]2[C@@]4(C)CC=CC(C)(C)[C@@H]4[C@@H](O)C[C@]23C)O1. The zero-order chi connectivity index (χ0) is 24.2. The highest BCUT2D eigenvalue weighted by Gasteiger charge is 2.72. The van der Waals surface area contributed by atoms with Crippen molar-refractivity contribution in [2.24, 2.45) is 45.3 Å². The summed E-state index contributed by atoms with van der Waals surface area (Å²) in [6, 6.07) is 0. The first kappa shape index (κ1) is 24.3. The van der Waals surface area contributed by atoms with Gasteiger partial charge in [0.15, 0.2) is 0 Å². The van der Waals surface area contributed by atoms with Crippen LogP contribution < -0.4 is 0 Å². The van der Waals surface area contributed by atoms with Crippen molar-refractivity contribution >= 4 is 0 Å². The second-order valence-electron chi connectivity index (χ2n) is 15.1. The summed E-state index contributed by atoms with van der Waals surface area (Å²) in [5.41, 5.74) is -0.190. The van der Waals surface area contributed by atoms with Crippen LogP contribution in [0.5, 0.6) is 0 Å². The number of hydrogen-bond acceptors (Lipinski definition) is 3. The lowest BCUT2D eigenvalue weighted by molar-refractivity contribution is -0.260. The highest BCUT2D eigenvalue weighted by molar-refractivity contribution is 5.24. The van der Waals surface area contributed by atoms with Gasteiger partial charge in [-0.3, -0.25) is 0 Å². The predicted octanol–water partition coefficient (Wildman–Crippen LogP) is 6.52. The lowest BCUT2D eigenvalue weighted by Gasteiger charge is -2.70. The second-order valence-corrected chi connectivity index (χ2v) is 15.1.